The molecule has 1 aromatic heterocycles. The molecule has 0 saturated carbocycles. The Hall–Kier alpha value is -0.830. The maximum absolute atomic E-state index is 10.0. The van der Waals surface area contributed by atoms with E-state index in [1.165, 1.54) is 5.56 Å². The summed E-state index contributed by atoms with van der Waals surface area (Å²) in [6.07, 6.45) is 2.31. The predicted octanol–water partition coefficient (Wildman–Crippen LogP) is 4.22. The van der Waals surface area contributed by atoms with Crippen molar-refractivity contribution in [3.05, 3.63) is 39.0 Å². The average molecular weight is 282 g/mol. The van der Waals surface area contributed by atoms with E-state index >= 15 is 0 Å². The molecule has 1 N–H and O–H groups in total. The molecule has 2 aromatic rings. The van der Waals surface area contributed by atoms with E-state index < -0.39 is 6.10 Å². The SMILES string of the molecule is Cc1c2c(nc3cc(Cl)c(Cl)cc13)C(O)CCC2. The minimum Gasteiger partial charge on any atom is -0.387 e. The lowest BCUT2D eigenvalue weighted by Gasteiger charge is -2.23. The van der Waals surface area contributed by atoms with Crippen molar-refractivity contribution in [2.45, 2.75) is 32.3 Å². The lowest BCUT2D eigenvalue weighted by atomic mass is 9.89. The van der Waals surface area contributed by atoms with Gasteiger partial charge in [-0.3, -0.25) is 0 Å². The van der Waals surface area contributed by atoms with Gasteiger partial charge in [-0.25, -0.2) is 4.98 Å². The normalized spacial score (nSPS) is 19.0. The van der Waals surface area contributed by atoms with E-state index in [9.17, 15) is 5.11 Å². The summed E-state index contributed by atoms with van der Waals surface area (Å²) in [5, 5.41) is 12.1. The molecule has 1 aliphatic carbocycles. The lowest BCUT2D eigenvalue weighted by molar-refractivity contribution is 0.152. The highest BCUT2D eigenvalue weighted by Crippen LogP contribution is 2.36. The molecule has 0 spiro atoms. The first-order valence-corrected chi connectivity index (χ1v) is 6.79. The van der Waals surface area contributed by atoms with Crippen molar-refractivity contribution >= 4 is 34.1 Å². The molecule has 1 atom stereocenters. The molecule has 0 fully saturated rings. The first-order valence-electron chi connectivity index (χ1n) is 6.04. The van der Waals surface area contributed by atoms with Gasteiger partial charge in [-0.1, -0.05) is 23.2 Å². The molecule has 2 nitrogen and oxygen atoms in total. The number of fused-ring (bicyclic) bond motifs is 2. The number of benzene rings is 1. The Morgan fingerprint density at radius 3 is 2.78 bits per heavy atom. The number of halogens is 2. The van der Waals surface area contributed by atoms with Gasteiger partial charge in [0.05, 0.1) is 27.4 Å². The zero-order valence-electron chi connectivity index (χ0n) is 10.0. The van der Waals surface area contributed by atoms with Crippen molar-refractivity contribution in [2.75, 3.05) is 0 Å². The molecule has 1 unspecified atom stereocenters. The Morgan fingerprint density at radius 1 is 1.28 bits per heavy atom. The Bertz CT molecular complexity index is 639. The molecule has 18 heavy (non-hydrogen) atoms. The maximum Gasteiger partial charge on any atom is 0.0963 e. The van der Waals surface area contributed by atoms with Crippen LogP contribution in [0.1, 0.15) is 35.8 Å². The summed E-state index contributed by atoms with van der Waals surface area (Å²) in [6.45, 7) is 2.06. The van der Waals surface area contributed by atoms with Crippen molar-refractivity contribution < 1.29 is 5.11 Å². The number of nitrogens with zero attached hydrogens (tertiary/aromatic N) is 1. The van der Waals surface area contributed by atoms with Crippen LogP contribution in [0.5, 0.6) is 0 Å². The summed E-state index contributed by atoms with van der Waals surface area (Å²) >= 11 is 12.1. The number of aryl methyl sites for hydroxylation is 1. The van der Waals surface area contributed by atoms with E-state index in [2.05, 4.69) is 11.9 Å². The summed E-state index contributed by atoms with van der Waals surface area (Å²) in [7, 11) is 0. The summed E-state index contributed by atoms with van der Waals surface area (Å²) in [5.74, 6) is 0. The monoisotopic (exact) mass is 281 g/mol. The fourth-order valence-electron chi connectivity index (χ4n) is 2.68. The molecule has 1 aliphatic rings. The van der Waals surface area contributed by atoms with E-state index in [0.717, 1.165) is 41.4 Å². The van der Waals surface area contributed by atoms with Crippen LogP contribution in [0.4, 0.5) is 0 Å². The van der Waals surface area contributed by atoms with Crippen LogP contribution in [-0.2, 0) is 6.42 Å². The number of rotatable bonds is 0. The van der Waals surface area contributed by atoms with Crippen LogP contribution in [0.15, 0.2) is 12.1 Å². The van der Waals surface area contributed by atoms with Crippen molar-refractivity contribution in [3.63, 3.8) is 0 Å². The van der Waals surface area contributed by atoms with Crippen LogP contribution in [-0.4, -0.2) is 10.1 Å². The smallest absolute Gasteiger partial charge is 0.0963 e. The van der Waals surface area contributed by atoms with Crippen LogP contribution in [0.25, 0.3) is 10.9 Å². The standard InChI is InChI=1S/C14H13Cl2NO/c1-7-8-3-2-4-13(18)14(8)17-12-6-11(16)10(15)5-9(7)12/h5-6,13,18H,2-4H2,1H3. The van der Waals surface area contributed by atoms with Gasteiger partial charge in [-0.15, -0.1) is 0 Å². The first-order chi connectivity index (χ1) is 8.58. The third-order valence-electron chi connectivity index (χ3n) is 3.67. The van der Waals surface area contributed by atoms with Gasteiger partial charge in [0.1, 0.15) is 0 Å². The van der Waals surface area contributed by atoms with E-state index in [1.807, 2.05) is 6.07 Å². The molecule has 0 saturated heterocycles. The van der Waals surface area contributed by atoms with Gasteiger partial charge >= 0.3 is 0 Å². The quantitative estimate of drug-likeness (QED) is 0.784. The fraction of sp³-hybridized carbons (Fsp3) is 0.357. The number of aliphatic hydroxyl groups is 1. The largest absolute Gasteiger partial charge is 0.387 e. The van der Waals surface area contributed by atoms with E-state index in [-0.39, 0.29) is 0 Å². The number of hydrogen-bond acceptors (Lipinski definition) is 2. The Labute approximate surface area is 116 Å². The molecule has 94 valence electrons. The molecule has 0 aliphatic heterocycles. The zero-order chi connectivity index (χ0) is 12.9. The molecular formula is C14H13Cl2NO. The van der Waals surface area contributed by atoms with Gasteiger partial charge < -0.3 is 5.11 Å². The first kappa shape index (κ1) is 12.2. The highest BCUT2D eigenvalue weighted by molar-refractivity contribution is 6.42. The van der Waals surface area contributed by atoms with Gasteiger partial charge in [0.25, 0.3) is 0 Å². The average Bonchev–Trinajstić information content (AvgIpc) is 2.34. The second-order valence-corrected chi connectivity index (χ2v) is 5.61. The van der Waals surface area contributed by atoms with E-state index in [1.54, 1.807) is 6.07 Å². The van der Waals surface area contributed by atoms with Gasteiger partial charge in [0.15, 0.2) is 0 Å². The Kier molecular flexibility index (Phi) is 2.97. The highest BCUT2D eigenvalue weighted by atomic mass is 35.5. The molecule has 0 amide bonds. The molecule has 1 aromatic carbocycles. The van der Waals surface area contributed by atoms with Crippen LogP contribution < -0.4 is 0 Å². The third kappa shape index (κ3) is 1.80. The third-order valence-corrected chi connectivity index (χ3v) is 4.39. The van der Waals surface area contributed by atoms with Gasteiger partial charge in [0.2, 0.25) is 0 Å². The number of aliphatic hydroxyl groups excluding tert-OH is 1. The van der Waals surface area contributed by atoms with Crippen molar-refractivity contribution in [2.24, 2.45) is 0 Å². The molecule has 3 rings (SSSR count). The summed E-state index contributed by atoms with van der Waals surface area (Å²) in [4.78, 5) is 4.57. The molecule has 0 radical (unpaired) electrons. The molecule has 4 heteroatoms. The van der Waals surface area contributed by atoms with Crippen LogP contribution in [0.3, 0.4) is 0 Å². The van der Waals surface area contributed by atoms with Crippen LogP contribution in [0.2, 0.25) is 10.0 Å². The minimum atomic E-state index is -0.452. The molecule has 0 bridgehead atoms. The minimum absolute atomic E-state index is 0.452. The fourth-order valence-corrected chi connectivity index (χ4v) is 3.00. The van der Waals surface area contributed by atoms with E-state index in [0.29, 0.717) is 10.0 Å². The van der Waals surface area contributed by atoms with E-state index in [4.69, 9.17) is 23.2 Å². The number of pyridine rings is 1. The summed E-state index contributed by atoms with van der Waals surface area (Å²) < 4.78 is 0. The van der Waals surface area contributed by atoms with Gasteiger partial charge in [0, 0.05) is 5.39 Å². The van der Waals surface area contributed by atoms with Gasteiger partial charge in [-0.05, 0) is 49.4 Å². The van der Waals surface area contributed by atoms with Crippen LogP contribution >= 0.6 is 23.2 Å². The molecule has 1 heterocycles. The van der Waals surface area contributed by atoms with Crippen molar-refractivity contribution in [1.82, 2.24) is 4.98 Å². The number of aromatic nitrogens is 1. The summed E-state index contributed by atoms with van der Waals surface area (Å²) in [5.41, 5.74) is 3.94. The topological polar surface area (TPSA) is 33.1 Å². The highest BCUT2D eigenvalue weighted by Gasteiger charge is 2.22. The van der Waals surface area contributed by atoms with Gasteiger partial charge in [-0.2, -0.15) is 0 Å². The predicted molar refractivity (Wildman–Crippen MR) is 74.4 cm³/mol. The van der Waals surface area contributed by atoms with Crippen LogP contribution in [0, 0.1) is 6.92 Å². The summed E-state index contributed by atoms with van der Waals surface area (Å²) in [6, 6.07) is 3.64. The zero-order valence-corrected chi connectivity index (χ0v) is 11.5. The second kappa shape index (κ2) is 4.37. The number of hydrogen-bond donors (Lipinski definition) is 1. The molecular weight excluding hydrogens is 269 g/mol. The lowest BCUT2D eigenvalue weighted by Crippen LogP contribution is -2.13. The Morgan fingerprint density at radius 2 is 2.00 bits per heavy atom. The van der Waals surface area contributed by atoms with Crippen molar-refractivity contribution in [3.8, 4) is 0 Å². The second-order valence-electron chi connectivity index (χ2n) is 4.79. The van der Waals surface area contributed by atoms with Crippen molar-refractivity contribution in [1.29, 1.82) is 0 Å². The Balaban J connectivity index is 2.36. The maximum atomic E-state index is 10.0.